The Kier molecular flexibility index (Phi) is 6.93. The third-order valence-electron chi connectivity index (χ3n) is 3.65. The van der Waals surface area contributed by atoms with E-state index in [1.165, 1.54) is 6.08 Å². The van der Waals surface area contributed by atoms with Gasteiger partial charge in [-0.15, -0.1) is 6.58 Å². The van der Waals surface area contributed by atoms with E-state index in [2.05, 4.69) is 31.9 Å². The maximum Gasteiger partial charge on any atom is 0.433 e. The minimum absolute atomic E-state index is 0.0106. The van der Waals surface area contributed by atoms with Crippen molar-refractivity contribution >= 4 is 5.95 Å². The lowest BCUT2D eigenvalue weighted by molar-refractivity contribution is -0.250. The second-order valence-corrected chi connectivity index (χ2v) is 5.49. The second-order valence-electron chi connectivity index (χ2n) is 5.49. The van der Waals surface area contributed by atoms with Crippen molar-refractivity contribution < 1.29 is 32.9 Å². The number of alkyl halides is 3. The van der Waals surface area contributed by atoms with E-state index in [1.807, 2.05) is 0 Å². The maximum absolute atomic E-state index is 12.8. The van der Waals surface area contributed by atoms with Crippen LogP contribution in [0.25, 0.3) is 10.4 Å². The third-order valence-corrected chi connectivity index (χ3v) is 3.65. The largest absolute Gasteiger partial charge is 0.433 e. The van der Waals surface area contributed by atoms with E-state index < -0.39 is 48.5 Å². The molecule has 1 aromatic heterocycles. The summed E-state index contributed by atoms with van der Waals surface area (Å²) in [6.45, 7) is 3.17. The van der Waals surface area contributed by atoms with Gasteiger partial charge < -0.3 is 25.0 Å². The monoisotopic (exact) mass is 390 g/mol. The Morgan fingerprint density at radius 2 is 2.19 bits per heavy atom. The van der Waals surface area contributed by atoms with Gasteiger partial charge in [0.2, 0.25) is 5.95 Å². The predicted octanol–water partition coefficient (Wildman–Crippen LogP) is 1.24. The standard InChI is InChI=1S/C14H17F3N6O4/c1-2-5-26-12-9(11(25)10(24)7(27-12)6-20-23-18)22-13-19-4-3-8(21-13)14(15,16)17/h2-4,7,9-12,24-25H,1,5-6H2,(H,19,21,22)/t7-,9?,10?,11?,12?/m0/s1. The van der Waals surface area contributed by atoms with Crippen molar-refractivity contribution in [2.24, 2.45) is 5.11 Å². The number of halogens is 3. The molecule has 148 valence electrons. The molecule has 1 saturated heterocycles. The number of aromatic nitrogens is 2. The molecule has 10 nitrogen and oxygen atoms in total. The molecule has 0 saturated carbocycles. The lowest BCUT2D eigenvalue weighted by Gasteiger charge is -2.42. The highest BCUT2D eigenvalue weighted by Gasteiger charge is 2.45. The summed E-state index contributed by atoms with van der Waals surface area (Å²) in [7, 11) is 0. The molecule has 1 fully saturated rings. The van der Waals surface area contributed by atoms with E-state index in [0.29, 0.717) is 6.07 Å². The van der Waals surface area contributed by atoms with Gasteiger partial charge >= 0.3 is 6.18 Å². The Labute approximate surface area is 151 Å². The molecule has 5 atom stereocenters. The predicted molar refractivity (Wildman–Crippen MR) is 85.3 cm³/mol. The van der Waals surface area contributed by atoms with Gasteiger partial charge in [-0.1, -0.05) is 11.2 Å². The Morgan fingerprint density at radius 3 is 2.81 bits per heavy atom. The van der Waals surface area contributed by atoms with Gasteiger partial charge in [0.05, 0.1) is 19.3 Å². The fraction of sp³-hybridized carbons (Fsp3) is 0.571. The molecule has 27 heavy (non-hydrogen) atoms. The van der Waals surface area contributed by atoms with Crippen molar-refractivity contribution in [2.75, 3.05) is 18.5 Å². The van der Waals surface area contributed by atoms with Gasteiger partial charge in [-0.2, -0.15) is 13.2 Å². The average Bonchev–Trinajstić information content (AvgIpc) is 2.63. The van der Waals surface area contributed by atoms with Crippen molar-refractivity contribution in [3.05, 3.63) is 41.1 Å². The average molecular weight is 390 g/mol. The maximum atomic E-state index is 12.8. The Bertz CT molecular complexity index is 700. The molecule has 0 amide bonds. The smallest absolute Gasteiger partial charge is 0.388 e. The number of hydrogen-bond donors (Lipinski definition) is 3. The van der Waals surface area contributed by atoms with Crippen molar-refractivity contribution in [3.8, 4) is 0 Å². The van der Waals surface area contributed by atoms with Gasteiger partial charge in [-0.25, -0.2) is 9.97 Å². The molecule has 0 bridgehead atoms. The van der Waals surface area contributed by atoms with E-state index in [1.54, 1.807) is 0 Å². The number of azide groups is 1. The van der Waals surface area contributed by atoms with Crippen molar-refractivity contribution in [1.29, 1.82) is 0 Å². The topological polar surface area (TPSA) is 145 Å². The van der Waals surface area contributed by atoms with Crippen molar-refractivity contribution in [2.45, 2.75) is 36.8 Å². The molecule has 0 aromatic carbocycles. The summed E-state index contributed by atoms with van der Waals surface area (Å²) >= 11 is 0. The molecular weight excluding hydrogens is 373 g/mol. The molecule has 1 aliphatic heterocycles. The number of nitrogens with zero attached hydrogens (tertiary/aromatic N) is 5. The van der Waals surface area contributed by atoms with Crippen LogP contribution in [0, 0.1) is 0 Å². The van der Waals surface area contributed by atoms with E-state index in [-0.39, 0.29) is 13.2 Å². The molecule has 1 aromatic rings. The summed E-state index contributed by atoms with van der Waals surface area (Å²) in [5, 5.41) is 26.3. The molecule has 2 rings (SSSR count). The van der Waals surface area contributed by atoms with Crippen LogP contribution in [0.3, 0.4) is 0 Å². The van der Waals surface area contributed by atoms with Gasteiger partial charge in [0.1, 0.15) is 23.9 Å². The lowest BCUT2D eigenvalue weighted by atomic mass is 9.96. The number of rotatable bonds is 7. The van der Waals surface area contributed by atoms with E-state index in [4.69, 9.17) is 15.0 Å². The SMILES string of the molecule is C=CCOC1O[C@@H](CN=[N+]=[N-])C(O)C(O)C1Nc1nccc(C(F)(F)F)n1. The zero-order valence-corrected chi connectivity index (χ0v) is 13.8. The molecular formula is C14H17F3N6O4. The number of aliphatic hydroxyl groups excluding tert-OH is 2. The van der Waals surface area contributed by atoms with E-state index >= 15 is 0 Å². The summed E-state index contributed by atoms with van der Waals surface area (Å²) in [6.07, 6.45) is -7.72. The summed E-state index contributed by atoms with van der Waals surface area (Å²) < 4.78 is 49.2. The first-order chi connectivity index (χ1) is 12.8. The van der Waals surface area contributed by atoms with E-state index in [0.717, 1.165) is 6.20 Å². The summed E-state index contributed by atoms with van der Waals surface area (Å²) in [4.78, 5) is 9.57. The number of aliphatic hydroxyl groups is 2. The Hall–Kier alpha value is -2.44. The lowest BCUT2D eigenvalue weighted by Crippen LogP contribution is -2.61. The number of nitrogens with one attached hydrogen (secondary N) is 1. The highest BCUT2D eigenvalue weighted by atomic mass is 19.4. The van der Waals surface area contributed by atoms with Gasteiger partial charge in [-0.3, -0.25) is 0 Å². The molecule has 3 N–H and O–H groups in total. The highest BCUT2D eigenvalue weighted by Crippen LogP contribution is 2.29. The van der Waals surface area contributed by atoms with Crippen LogP contribution >= 0.6 is 0 Å². The van der Waals surface area contributed by atoms with Crippen LogP contribution in [-0.4, -0.2) is 64.0 Å². The number of ether oxygens (including phenoxy) is 2. The zero-order valence-electron chi connectivity index (χ0n) is 13.8. The van der Waals surface area contributed by atoms with Crippen LogP contribution in [0.1, 0.15) is 5.69 Å². The van der Waals surface area contributed by atoms with Gasteiger partial charge in [0.25, 0.3) is 0 Å². The fourth-order valence-corrected chi connectivity index (χ4v) is 2.39. The Balaban J connectivity index is 2.23. The molecule has 4 unspecified atom stereocenters. The summed E-state index contributed by atoms with van der Waals surface area (Å²) in [5.41, 5.74) is 7.20. The first-order valence-corrected chi connectivity index (χ1v) is 7.69. The molecule has 1 aliphatic rings. The zero-order chi connectivity index (χ0) is 20.0. The Morgan fingerprint density at radius 1 is 1.44 bits per heavy atom. The normalized spacial score (nSPS) is 28.3. The van der Waals surface area contributed by atoms with Crippen molar-refractivity contribution in [1.82, 2.24) is 9.97 Å². The molecule has 0 spiro atoms. The van der Waals surface area contributed by atoms with Gasteiger partial charge in [0, 0.05) is 11.1 Å². The summed E-state index contributed by atoms with van der Waals surface area (Å²) in [6, 6.07) is -0.513. The second kappa shape index (κ2) is 8.97. The first-order valence-electron chi connectivity index (χ1n) is 7.69. The third kappa shape index (κ3) is 5.28. The van der Waals surface area contributed by atoms with E-state index in [9.17, 15) is 23.4 Å². The van der Waals surface area contributed by atoms with Crippen LogP contribution in [0.15, 0.2) is 30.0 Å². The fourth-order valence-electron chi connectivity index (χ4n) is 2.39. The molecule has 2 heterocycles. The minimum atomic E-state index is -4.68. The quantitative estimate of drug-likeness (QED) is 0.275. The minimum Gasteiger partial charge on any atom is -0.388 e. The van der Waals surface area contributed by atoms with Gasteiger partial charge in [0.15, 0.2) is 6.29 Å². The van der Waals surface area contributed by atoms with Crippen LogP contribution < -0.4 is 5.32 Å². The summed E-state index contributed by atoms with van der Waals surface area (Å²) in [5.74, 6) is -0.439. The van der Waals surface area contributed by atoms with Crippen LogP contribution in [-0.2, 0) is 15.7 Å². The molecule has 0 radical (unpaired) electrons. The van der Waals surface area contributed by atoms with Crippen molar-refractivity contribution in [3.63, 3.8) is 0 Å². The van der Waals surface area contributed by atoms with Crippen LogP contribution in [0.4, 0.5) is 19.1 Å². The number of anilines is 1. The highest BCUT2D eigenvalue weighted by molar-refractivity contribution is 5.29. The van der Waals surface area contributed by atoms with Crippen LogP contribution in [0.5, 0.6) is 0 Å². The van der Waals surface area contributed by atoms with Gasteiger partial charge in [-0.05, 0) is 11.6 Å². The number of hydrogen-bond acceptors (Lipinski definition) is 8. The van der Waals surface area contributed by atoms with Crippen LogP contribution in [0.2, 0.25) is 0 Å². The molecule has 0 aliphatic carbocycles. The first kappa shape index (κ1) is 20.9. The molecule has 13 heteroatoms.